The van der Waals surface area contributed by atoms with Crippen LogP contribution in [0, 0.1) is 5.92 Å². The molecule has 126 valence electrons. The van der Waals surface area contributed by atoms with Crippen LogP contribution in [0.4, 0.5) is 8.78 Å². The van der Waals surface area contributed by atoms with Crippen LogP contribution in [0.1, 0.15) is 36.5 Å². The average molecular weight is 324 g/mol. The monoisotopic (exact) mass is 324 g/mol. The SMILES string of the molecule is CCC(F)(F)Oc1ccccc1C(=O)N[C@@H]1CN2CCC1CC2. The maximum absolute atomic E-state index is 13.5. The van der Waals surface area contributed by atoms with Gasteiger partial charge in [0.25, 0.3) is 5.91 Å². The van der Waals surface area contributed by atoms with Gasteiger partial charge in [-0.15, -0.1) is 0 Å². The fraction of sp³-hybridized carbons (Fsp3) is 0.588. The van der Waals surface area contributed by atoms with Crippen molar-refractivity contribution in [3.05, 3.63) is 29.8 Å². The van der Waals surface area contributed by atoms with Crippen molar-refractivity contribution in [2.75, 3.05) is 19.6 Å². The first kappa shape index (κ1) is 16.2. The van der Waals surface area contributed by atoms with E-state index in [0.717, 1.165) is 32.5 Å². The van der Waals surface area contributed by atoms with E-state index >= 15 is 0 Å². The van der Waals surface area contributed by atoms with Crippen LogP contribution in [0.5, 0.6) is 5.75 Å². The smallest absolute Gasteiger partial charge is 0.397 e. The molecule has 0 unspecified atom stereocenters. The van der Waals surface area contributed by atoms with Gasteiger partial charge in [-0.25, -0.2) is 0 Å². The van der Waals surface area contributed by atoms with Crippen LogP contribution in [-0.2, 0) is 0 Å². The molecule has 6 heteroatoms. The van der Waals surface area contributed by atoms with Crippen LogP contribution in [0.3, 0.4) is 0 Å². The van der Waals surface area contributed by atoms with E-state index in [1.165, 1.54) is 19.1 Å². The molecular formula is C17H22F2N2O2. The van der Waals surface area contributed by atoms with E-state index in [0.29, 0.717) is 5.92 Å². The highest BCUT2D eigenvalue weighted by atomic mass is 19.3. The summed E-state index contributed by atoms with van der Waals surface area (Å²) >= 11 is 0. The van der Waals surface area contributed by atoms with Crippen molar-refractivity contribution in [3.8, 4) is 5.75 Å². The molecule has 23 heavy (non-hydrogen) atoms. The Morgan fingerprint density at radius 1 is 1.35 bits per heavy atom. The number of hydrogen-bond donors (Lipinski definition) is 1. The maximum Gasteiger partial charge on any atom is 0.397 e. The van der Waals surface area contributed by atoms with Crippen LogP contribution in [0.25, 0.3) is 0 Å². The van der Waals surface area contributed by atoms with Gasteiger partial charge in [0, 0.05) is 19.0 Å². The van der Waals surface area contributed by atoms with E-state index < -0.39 is 12.5 Å². The lowest BCUT2D eigenvalue weighted by atomic mass is 9.84. The first-order valence-corrected chi connectivity index (χ1v) is 8.17. The summed E-state index contributed by atoms with van der Waals surface area (Å²) in [4.78, 5) is 14.9. The number of ether oxygens (including phenoxy) is 1. The Morgan fingerprint density at radius 2 is 2.04 bits per heavy atom. The van der Waals surface area contributed by atoms with E-state index in [4.69, 9.17) is 4.74 Å². The summed E-state index contributed by atoms with van der Waals surface area (Å²) in [5.41, 5.74) is 0.164. The van der Waals surface area contributed by atoms with Crippen LogP contribution in [-0.4, -0.2) is 42.6 Å². The lowest BCUT2D eigenvalue weighted by molar-refractivity contribution is -0.177. The molecule has 0 aromatic heterocycles. The Labute approximate surface area is 134 Å². The predicted octanol–water partition coefficient (Wildman–Crippen LogP) is 2.89. The highest BCUT2D eigenvalue weighted by Gasteiger charge is 2.36. The highest BCUT2D eigenvalue weighted by Crippen LogP contribution is 2.30. The third-order valence-corrected chi connectivity index (χ3v) is 4.78. The summed E-state index contributed by atoms with van der Waals surface area (Å²) in [7, 11) is 0. The van der Waals surface area contributed by atoms with E-state index in [1.54, 1.807) is 12.1 Å². The topological polar surface area (TPSA) is 41.6 Å². The number of hydrogen-bond acceptors (Lipinski definition) is 3. The molecule has 1 N–H and O–H groups in total. The number of rotatable bonds is 5. The quantitative estimate of drug-likeness (QED) is 0.905. The lowest BCUT2D eigenvalue weighted by Gasteiger charge is -2.44. The Morgan fingerprint density at radius 3 is 2.65 bits per heavy atom. The molecule has 1 atom stereocenters. The van der Waals surface area contributed by atoms with E-state index in [9.17, 15) is 13.6 Å². The molecule has 1 amide bonds. The number of amides is 1. The van der Waals surface area contributed by atoms with Crippen molar-refractivity contribution in [2.45, 2.75) is 38.3 Å². The summed E-state index contributed by atoms with van der Waals surface area (Å²) < 4.78 is 31.8. The third kappa shape index (κ3) is 3.63. The number of alkyl halides is 2. The number of fused-ring (bicyclic) bond motifs is 3. The molecule has 0 spiro atoms. The second-order valence-corrected chi connectivity index (χ2v) is 6.31. The first-order valence-electron chi connectivity index (χ1n) is 8.17. The zero-order valence-corrected chi connectivity index (χ0v) is 13.2. The molecule has 0 saturated carbocycles. The van der Waals surface area contributed by atoms with Crippen LogP contribution in [0.2, 0.25) is 0 Å². The third-order valence-electron chi connectivity index (χ3n) is 4.78. The molecule has 1 aromatic carbocycles. The fourth-order valence-electron chi connectivity index (χ4n) is 3.35. The van der Waals surface area contributed by atoms with Crippen molar-refractivity contribution in [2.24, 2.45) is 5.92 Å². The van der Waals surface area contributed by atoms with Gasteiger partial charge in [-0.2, -0.15) is 8.78 Å². The second kappa shape index (κ2) is 6.43. The second-order valence-electron chi connectivity index (χ2n) is 6.31. The molecule has 3 aliphatic rings. The number of nitrogens with zero attached hydrogens (tertiary/aromatic N) is 1. The lowest BCUT2D eigenvalue weighted by Crippen LogP contribution is -2.57. The largest absolute Gasteiger partial charge is 0.432 e. The minimum absolute atomic E-state index is 0.0712. The summed E-state index contributed by atoms with van der Waals surface area (Å²) in [6, 6.07) is 6.27. The highest BCUT2D eigenvalue weighted by molar-refractivity contribution is 5.97. The predicted molar refractivity (Wildman–Crippen MR) is 82.7 cm³/mol. The van der Waals surface area contributed by atoms with Crippen molar-refractivity contribution in [3.63, 3.8) is 0 Å². The van der Waals surface area contributed by atoms with Crippen molar-refractivity contribution >= 4 is 5.91 Å². The molecule has 1 aromatic rings. The van der Waals surface area contributed by atoms with Gasteiger partial charge in [0.1, 0.15) is 5.75 Å². The fourth-order valence-corrected chi connectivity index (χ4v) is 3.35. The van der Waals surface area contributed by atoms with Gasteiger partial charge in [0.15, 0.2) is 0 Å². The Bertz CT molecular complexity index is 571. The van der Waals surface area contributed by atoms with Crippen LogP contribution >= 0.6 is 0 Å². The van der Waals surface area contributed by atoms with E-state index in [1.807, 2.05) is 0 Å². The van der Waals surface area contributed by atoms with Gasteiger partial charge >= 0.3 is 6.11 Å². The number of para-hydroxylation sites is 1. The molecule has 0 radical (unpaired) electrons. The normalized spacial score (nSPS) is 26.8. The summed E-state index contributed by atoms with van der Waals surface area (Å²) in [6.45, 7) is 4.35. The summed E-state index contributed by atoms with van der Waals surface area (Å²) in [5, 5.41) is 3.01. The standard InChI is InChI=1S/C17H22F2N2O2/c1-2-17(18,19)23-15-6-4-3-5-13(15)16(22)20-14-11-21-9-7-12(14)8-10-21/h3-6,12,14H,2,7-11H2,1H3,(H,20,22)/t14-/m1/s1. The Hall–Kier alpha value is -1.69. The minimum atomic E-state index is -3.27. The minimum Gasteiger partial charge on any atom is -0.432 e. The van der Waals surface area contributed by atoms with Crippen molar-refractivity contribution in [1.29, 1.82) is 0 Å². The zero-order chi connectivity index (χ0) is 16.4. The number of piperidine rings is 3. The van der Waals surface area contributed by atoms with Crippen LogP contribution < -0.4 is 10.1 Å². The molecule has 4 rings (SSSR count). The van der Waals surface area contributed by atoms with Gasteiger partial charge in [0.05, 0.1) is 5.56 Å². The number of carbonyl (C=O) groups is 1. The number of halogens is 2. The zero-order valence-electron chi connectivity index (χ0n) is 13.2. The molecule has 3 heterocycles. The van der Waals surface area contributed by atoms with Gasteiger partial charge in [-0.05, 0) is 44.0 Å². The van der Waals surface area contributed by atoms with Crippen LogP contribution in [0.15, 0.2) is 24.3 Å². The Kier molecular flexibility index (Phi) is 4.53. The molecule has 3 aliphatic heterocycles. The molecule has 0 aliphatic carbocycles. The van der Waals surface area contributed by atoms with Crippen molar-refractivity contribution < 1.29 is 18.3 Å². The van der Waals surface area contributed by atoms with Gasteiger partial charge < -0.3 is 15.0 Å². The maximum atomic E-state index is 13.5. The number of benzene rings is 1. The summed E-state index contributed by atoms with van der Waals surface area (Å²) in [6.07, 6.45) is -1.55. The molecule has 3 fully saturated rings. The Balaban J connectivity index is 1.72. The average Bonchev–Trinajstić information content (AvgIpc) is 2.56. The summed E-state index contributed by atoms with van der Waals surface area (Å²) in [5.74, 6) is 0.0680. The molecule has 2 bridgehead atoms. The first-order chi connectivity index (χ1) is 11.0. The van der Waals surface area contributed by atoms with E-state index in [2.05, 4.69) is 10.2 Å². The molecule has 4 nitrogen and oxygen atoms in total. The van der Waals surface area contributed by atoms with Gasteiger partial charge in [-0.3, -0.25) is 4.79 Å². The molecular weight excluding hydrogens is 302 g/mol. The van der Waals surface area contributed by atoms with Gasteiger partial charge in [-0.1, -0.05) is 19.1 Å². The van der Waals surface area contributed by atoms with E-state index in [-0.39, 0.29) is 23.3 Å². The molecule has 3 saturated heterocycles. The number of nitrogens with one attached hydrogen (secondary N) is 1. The van der Waals surface area contributed by atoms with Crippen molar-refractivity contribution in [1.82, 2.24) is 10.2 Å². The number of carbonyl (C=O) groups excluding carboxylic acids is 1. The van der Waals surface area contributed by atoms with Gasteiger partial charge in [0.2, 0.25) is 0 Å².